The number of allylic oxidation sites excluding steroid dienone is 6. The molecule has 0 fully saturated rings. The predicted octanol–water partition coefficient (Wildman–Crippen LogP) is 22.5. The zero-order valence-electron chi connectivity index (χ0n) is 43.2. The Balaban J connectivity index is -0.000000228. The third-order valence-electron chi connectivity index (χ3n) is 10.7. The van der Waals surface area contributed by atoms with Crippen LogP contribution in [0.15, 0.2) is 36.5 Å². The normalized spacial score (nSPS) is 11.5. The van der Waals surface area contributed by atoms with Crippen molar-refractivity contribution in [2.24, 2.45) is 10.8 Å². The van der Waals surface area contributed by atoms with Gasteiger partial charge in [0.25, 0.3) is 0 Å². The van der Waals surface area contributed by atoms with Gasteiger partial charge in [-0.05, 0) is 75.5 Å². The summed E-state index contributed by atoms with van der Waals surface area (Å²) in [5.41, 5.74) is 0.958. The SMILES string of the molecule is CC=CCCCCCCCC.CCC.CCC=CCCCCCCCC.CCCCCCC.CCCCCCCC(C)(C)CC=CCC(C)(C)CCCCCCC. The Morgan fingerprint density at radius 1 is 0.298 bits per heavy atom. The molecule has 0 rings (SSSR count). The second-order valence-corrected chi connectivity index (χ2v) is 18.9. The van der Waals surface area contributed by atoms with Gasteiger partial charge < -0.3 is 0 Å². The van der Waals surface area contributed by atoms with E-state index in [-0.39, 0.29) is 0 Å². The second kappa shape index (κ2) is 59.5. The molecule has 0 N–H and O–H groups in total. The lowest BCUT2D eigenvalue weighted by atomic mass is 9.81. The zero-order valence-corrected chi connectivity index (χ0v) is 43.2. The highest BCUT2D eigenvalue weighted by molar-refractivity contribution is 4.91. The van der Waals surface area contributed by atoms with Crippen LogP contribution in [0, 0.1) is 10.8 Å². The monoisotopic (exact) mass is 803 g/mol. The van der Waals surface area contributed by atoms with Crippen LogP contribution in [0.3, 0.4) is 0 Å². The molecular formula is C57H118. The fourth-order valence-corrected chi connectivity index (χ4v) is 6.64. The number of hydrogen-bond donors (Lipinski definition) is 0. The van der Waals surface area contributed by atoms with Crippen LogP contribution >= 0.6 is 0 Å². The summed E-state index contributed by atoms with van der Waals surface area (Å²) >= 11 is 0. The average Bonchev–Trinajstić information content (AvgIpc) is 3.18. The van der Waals surface area contributed by atoms with Crippen molar-refractivity contribution in [1.29, 1.82) is 0 Å². The Labute approximate surface area is 367 Å². The first-order chi connectivity index (χ1) is 27.5. The molecule has 0 aliphatic heterocycles. The van der Waals surface area contributed by atoms with Crippen molar-refractivity contribution >= 4 is 0 Å². The first kappa shape index (κ1) is 65.3. The molecule has 0 aromatic rings. The maximum Gasteiger partial charge on any atom is -0.0299 e. The Kier molecular flexibility index (Phi) is 68.2. The molecule has 0 amide bonds. The van der Waals surface area contributed by atoms with E-state index in [0.29, 0.717) is 10.8 Å². The topological polar surface area (TPSA) is 0 Å². The van der Waals surface area contributed by atoms with Gasteiger partial charge in [-0.1, -0.05) is 293 Å². The van der Waals surface area contributed by atoms with Crippen molar-refractivity contribution in [3.05, 3.63) is 36.5 Å². The maximum atomic E-state index is 2.46. The highest BCUT2D eigenvalue weighted by Gasteiger charge is 2.17. The molecule has 0 atom stereocenters. The molecular weight excluding hydrogens is 685 g/mol. The molecule has 0 aromatic heterocycles. The van der Waals surface area contributed by atoms with E-state index in [1.807, 2.05) is 0 Å². The smallest absolute Gasteiger partial charge is 0.0299 e. The summed E-state index contributed by atoms with van der Waals surface area (Å²) in [7, 11) is 0. The molecule has 0 aliphatic rings. The highest BCUT2D eigenvalue weighted by atomic mass is 14.2. The van der Waals surface area contributed by atoms with E-state index < -0.39 is 0 Å². The summed E-state index contributed by atoms with van der Waals surface area (Å²) in [5, 5.41) is 0. The third kappa shape index (κ3) is 76.5. The molecule has 0 saturated heterocycles. The van der Waals surface area contributed by atoms with E-state index in [2.05, 4.69) is 133 Å². The van der Waals surface area contributed by atoms with Gasteiger partial charge in [-0.2, -0.15) is 0 Å². The Hall–Kier alpha value is -0.780. The van der Waals surface area contributed by atoms with Crippen LogP contribution in [0.2, 0.25) is 0 Å². The van der Waals surface area contributed by atoms with Crippen LogP contribution in [0.4, 0.5) is 0 Å². The van der Waals surface area contributed by atoms with Gasteiger partial charge in [0, 0.05) is 0 Å². The lowest BCUT2D eigenvalue weighted by Gasteiger charge is -2.24. The molecule has 0 aromatic carbocycles. The summed E-state index contributed by atoms with van der Waals surface area (Å²) in [4.78, 5) is 0. The van der Waals surface area contributed by atoms with Crippen LogP contribution in [0.5, 0.6) is 0 Å². The molecule has 0 radical (unpaired) electrons. The molecule has 0 nitrogen and oxygen atoms in total. The zero-order chi connectivity index (χ0) is 44.0. The fourth-order valence-electron chi connectivity index (χ4n) is 6.64. The van der Waals surface area contributed by atoms with Crippen molar-refractivity contribution in [3.8, 4) is 0 Å². The average molecular weight is 804 g/mol. The molecule has 0 aliphatic carbocycles. The number of hydrogen-bond acceptors (Lipinski definition) is 0. The molecule has 0 heteroatoms. The van der Waals surface area contributed by atoms with Crippen LogP contribution in [-0.2, 0) is 0 Å². The van der Waals surface area contributed by atoms with Crippen LogP contribution in [-0.4, -0.2) is 0 Å². The third-order valence-corrected chi connectivity index (χ3v) is 10.7. The fraction of sp³-hybridized carbons (Fsp3) is 0.895. The van der Waals surface area contributed by atoms with E-state index in [9.17, 15) is 0 Å². The Bertz CT molecular complexity index is 684. The number of rotatable bonds is 35. The van der Waals surface area contributed by atoms with Crippen molar-refractivity contribution < 1.29 is 0 Å². The van der Waals surface area contributed by atoms with Gasteiger partial charge in [-0.25, -0.2) is 0 Å². The summed E-state index contributed by atoms with van der Waals surface area (Å²) in [5.74, 6) is 0. The minimum atomic E-state index is 0.479. The summed E-state index contributed by atoms with van der Waals surface area (Å²) < 4.78 is 0. The minimum Gasteiger partial charge on any atom is -0.0917 e. The van der Waals surface area contributed by atoms with Gasteiger partial charge >= 0.3 is 0 Å². The molecule has 0 heterocycles. The van der Waals surface area contributed by atoms with Crippen LogP contribution in [0.1, 0.15) is 322 Å². The van der Waals surface area contributed by atoms with Gasteiger partial charge in [0.2, 0.25) is 0 Å². The highest BCUT2D eigenvalue weighted by Crippen LogP contribution is 2.31. The van der Waals surface area contributed by atoms with Crippen LogP contribution < -0.4 is 0 Å². The lowest BCUT2D eigenvalue weighted by molar-refractivity contribution is 0.314. The van der Waals surface area contributed by atoms with E-state index in [0.717, 1.165) is 0 Å². The summed E-state index contributed by atoms with van der Waals surface area (Å²) in [6, 6.07) is 0. The van der Waals surface area contributed by atoms with Crippen molar-refractivity contribution in [3.63, 3.8) is 0 Å². The van der Waals surface area contributed by atoms with Gasteiger partial charge in [0.1, 0.15) is 0 Å². The molecule has 346 valence electrons. The molecule has 57 heavy (non-hydrogen) atoms. The Morgan fingerprint density at radius 2 is 0.561 bits per heavy atom. The quantitative estimate of drug-likeness (QED) is 0.0442. The molecule has 0 unspecified atom stereocenters. The van der Waals surface area contributed by atoms with E-state index in [1.165, 1.54) is 225 Å². The van der Waals surface area contributed by atoms with Crippen LogP contribution in [0.25, 0.3) is 0 Å². The largest absolute Gasteiger partial charge is 0.0917 e. The van der Waals surface area contributed by atoms with E-state index in [1.54, 1.807) is 0 Å². The van der Waals surface area contributed by atoms with Gasteiger partial charge in [-0.15, -0.1) is 0 Å². The van der Waals surface area contributed by atoms with E-state index >= 15 is 0 Å². The second-order valence-electron chi connectivity index (χ2n) is 18.9. The first-order valence-electron chi connectivity index (χ1n) is 26.4. The van der Waals surface area contributed by atoms with E-state index in [4.69, 9.17) is 0 Å². The van der Waals surface area contributed by atoms with Gasteiger partial charge in [-0.3, -0.25) is 0 Å². The van der Waals surface area contributed by atoms with Crippen molar-refractivity contribution in [2.45, 2.75) is 322 Å². The van der Waals surface area contributed by atoms with Crippen molar-refractivity contribution in [1.82, 2.24) is 0 Å². The lowest BCUT2D eigenvalue weighted by Crippen LogP contribution is -2.11. The predicted molar refractivity (Wildman–Crippen MR) is 273 cm³/mol. The molecule has 0 saturated carbocycles. The Morgan fingerprint density at radius 3 is 0.860 bits per heavy atom. The molecule has 0 bridgehead atoms. The van der Waals surface area contributed by atoms with Gasteiger partial charge in [0.15, 0.2) is 0 Å². The van der Waals surface area contributed by atoms with Crippen molar-refractivity contribution in [2.75, 3.05) is 0 Å². The summed E-state index contributed by atoms with van der Waals surface area (Å²) in [6.45, 7) is 31.9. The first-order valence-corrected chi connectivity index (χ1v) is 26.4. The van der Waals surface area contributed by atoms with Gasteiger partial charge in [0.05, 0.1) is 0 Å². The standard InChI is InChI=1S/C24H48.C12H24.C11H22.C7H16.C3H8/c1-7-9-11-13-15-19-23(3,4)21-17-18-22-24(5,6)20-16-14-12-10-8-2;1-3-5-7-9-11-12-10-8-6-4-2;1-3-5-7-9-11-10-8-6-4-2;1-3-5-7-6-4-2;1-3-2/h17-18H,7-16,19-22H2,1-6H3;5,7H,3-4,6,8-12H2,1-2H3;3,5H,4,6-11H2,1-2H3;3-7H2,1-2H3;3H2,1-2H3. The maximum absolute atomic E-state index is 2.46. The molecule has 0 spiro atoms. The minimum absolute atomic E-state index is 0.479. The number of unbranched alkanes of at least 4 members (excludes halogenated alkanes) is 24. The summed E-state index contributed by atoms with van der Waals surface area (Å²) in [6.07, 6.45) is 62.1.